The molecule has 6 heteroatoms. The summed E-state index contributed by atoms with van der Waals surface area (Å²) in [6, 6.07) is 5.52. The lowest BCUT2D eigenvalue weighted by atomic mass is 10.1. The summed E-state index contributed by atoms with van der Waals surface area (Å²) in [7, 11) is 0. The van der Waals surface area contributed by atoms with Gasteiger partial charge in [-0.3, -0.25) is 0 Å². The fourth-order valence-corrected chi connectivity index (χ4v) is 2.60. The molecule has 0 aliphatic heterocycles. The van der Waals surface area contributed by atoms with Crippen LogP contribution in [0.3, 0.4) is 0 Å². The third-order valence-electron chi connectivity index (χ3n) is 2.57. The van der Waals surface area contributed by atoms with Crippen molar-refractivity contribution in [2.24, 2.45) is 0 Å². The summed E-state index contributed by atoms with van der Waals surface area (Å²) in [5.41, 5.74) is -0.498. The molecule has 1 N–H and O–H groups in total. The smallest absolute Gasteiger partial charge is 0.312 e. The number of rotatable bonds is 4. The van der Waals surface area contributed by atoms with Crippen LogP contribution in [0.25, 0.3) is 10.6 Å². The van der Waals surface area contributed by atoms with Crippen LogP contribution in [0.15, 0.2) is 30.5 Å². The van der Waals surface area contributed by atoms with Gasteiger partial charge in [0.05, 0.1) is 5.56 Å². The van der Waals surface area contributed by atoms with E-state index >= 15 is 0 Å². The molecule has 2 rings (SSSR count). The lowest BCUT2D eigenvalue weighted by Gasteiger charge is -2.10. The number of hydrogen-bond acceptors (Lipinski definition) is 3. The van der Waals surface area contributed by atoms with Crippen molar-refractivity contribution in [3.05, 3.63) is 40.9 Å². The van der Waals surface area contributed by atoms with E-state index in [1.807, 2.05) is 6.92 Å². The first kappa shape index (κ1) is 14.0. The highest BCUT2D eigenvalue weighted by Crippen LogP contribution is 2.38. The van der Waals surface area contributed by atoms with Crippen molar-refractivity contribution in [2.45, 2.75) is 19.6 Å². The van der Waals surface area contributed by atoms with Gasteiger partial charge in [-0.05, 0) is 12.6 Å². The standard InChI is InChI=1S/C13H13F3N2S/c1-2-17-7-9-8-18-12(19-9)10-5-3-4-6-11(10)13(14,15)16/h3-6,8,17H,2,7H2,1H3. The zero-order valence-corrected chi connectivity index (χ0v) is 11.1. The van der Waals surface area contributed by atoms with Crippen LogP contribution in [0.4, 0.5) is 13.2 Å². The van der Waals surface area contributed by atoms with E-state index in [1.54, 1.807) is 12.3 Å². The molecular formula is C13H13F3N2S. The third-order valence-corrected chi connectivity index (χ3v) is 3.60. The van der Waals surface area contributed by atoms with Crippen LogP contribution in [0.2, 0.25) is 0 Å². The third kappa shape index (κ3) is 3.33. The van der Waals surface area contributed by atoms with Gasteiger partial charge < -0.3 is 5.32 Å². The lowest BCUT2D eigenvalue weighted by Crippen LogP contribution is -2.10. The second-order valence-electron chi connectivity index (χ2n) is 3.96. The second-order valence-corrected chi connectivity index (χ2v) is 5.07. The summed E-state index contributed by atoms with van der Waals surface area (Å²) in [5, 5.41) is 3.53. The number of nitrogens with one attached hydrogen (secondary N) is 1. The van der Waals surface area contributed by atoms with Crippen LogP contribution in [0.5, 0.6) is 0 Å². The van der Waals surface area contributed by atoms with Crippen LogP contribution in [0.1, 0.15) is 17.4 Å². The molecule has 1 aromatic heterocycles. The van der Waals surface area contributed by atoms with Gasteiger partial charge in [0, 0.05) is 23.2 Å². The van der Waals surface area contributed by atoms with Crippen LogP contribution in [-0.2, 0) is 12.7 Å². The van der Waals surface area contributed by atoms with Crippen molar-refractivity contribution in [1.82, 2.24) is 10.3 Å². The molecule has 2 aromatic rings. The van der Waals surface area contributed by atoms with Crippen molar-refractivity contribution >= 4 is 11.3 Å². The number of halogens is 3. The molecule has 0 atom stereocenters. The van der Waals surface area contributed by atoms with Gasteiger partial charge in [0.1, 0.15) is 5.01 Å². The Morgan fingerprint density at radius 2 is 2.00 bits per heavy atom. The lowest BCUT2D eigenvalue weighted by molar-refractivity contribution is -0.137. The van der Waals surface area contributed by atoms with Gasteiger partial charge in [0.25, 0.3) is 0 Å². The summed E-state index contributed by atoms with van der Waals surface area (Å²) < 4.78 is 38.7. The molecule has 0 unspecified atom stereocenters. The van der Waals surface area contributed by atoms with Crippen LogP contribution >= 0.6 is 11.3 Å². The first-order valence-corrected chi connectivity index (χ1v) is 6.66. The van der Waals surface area contributed by atoms with Crippen molar-refractivity contribution < 1.29 is 13.2 Å². The first-order valence-electron chi connectivity index (χ1n) is 5.84. The van der Waals surface area contributed by atoms with Crippen LogP contribution < -0.4 is 5.32 Å². The number of nitrogens with zero attached hydrogens (tertiary/aromatic N) is 1. The highest BCUT2D eigenvalue weighted by Gasteiger charge is 2.33. The van der Waals surface area contributed by atoms with Crippen molar-refractivity contribution in [3.8, 4) is 10.6 Å². The quantitative estimate of drug-likeness (QED) is 0.921. The Hall–Kier alpha value is -1.40. The minimum Gasteiger partial charge on any atom is -0.312 e. The first-order chi connectivity index (χ1) is 9.02. The predicted octanol–water partition coefficient (Wildman–Crippen LogP) is 3.94. The van der Waals surface area contributed by atoms with Gasteiger partial charge in [0.15, 0.2) is 0 Å². The predicted molar refractivity (Wildman–Crippen MR) is 69.9 cm³/mol. The number of aromatic nitrogens is 1. The summed E-state index contributed by atoms with van der Waals surface area (Å²) in [6.07, 6.45) is -2.74. The van der Waals surface area contributed by atoms with Crippen LogP contribution in [-0.4, -0.2) is 11.5 Å². The van der Waals surface area contributed by atoms with Gasteiger partial charge in [-0.15, -0.1) is 11.3 Å². The van der Waals surface area contributed by atoms with E-state index in [0.29, 0.717) is 11.6 Å². The number of hydrogen-bond donors (Lipinski definition) is 1. The molecule has 0 radical (unpaired) electrons. The van der Waals surface area contributed by atoms with E-state index in [2.05, 4.69) is 10.3 Å². The molecule has 0 saturated carbocycles. The monoisotopic (exact) mass is 286 g/mol. The average molecular weight is 286 g/mol. The van der Waals surface area contributed by atoms with Crippen molar-refractivity contribution in [3.63, 3.8) is 0 Å². The average Bonchev–Trinajstić information content (AvgIpc) is 2.84. The summed E-state index contributed by atoms with van der Waals surface area (Å²) in [6.45, 7) is 3.41. The van der Waals surface area contributed by atoms with Gasteiger partial charge in [0.2, 0.25) is 0 Å². The molecule has 0 amide bonds. The second kappa shape index (κ2) is 5.71. The molecule has 102 valence electrons. The number of thiazole rings is 1. The number of alkyl halides is 3. The molecule has 2 nitrogen and oxygen atoms in total. The minimum atomic E-state index is -4.36. The maximum atomic E-state index is 12.9. The Labute approximate surface area is 113 Å². The summed E-state index contributed by atoms with van der Waals surface area (Å²) >= 11 is 1.28. The van der Waals surface area contributed by atoms with E-state index in [1.165, 1.54) is 23.5 Å². The maximum Gasteiger partial charge on any atom is 0.417 e. The number of benzene rings is 1. The highest BCUT2D eigenvalue weighted by atomic mass is 32.1. The largest absolute Gasteiger partial charge is 0.417 e. The highest BCUT2D eigenvalue weighted by molar-refractivity contribution is 7.15. The Morgan fingerprint density at radius 3 is 2.68 bits per heavy atom. The Balaban J connectivity index is 2.34. The van der Waals surface area contributed by atoms with E-state index in [9.17, 15) is 13.2 Å². The van der Waals surface area contributed by atoms with Crippen LogP contribution in [0, 0.1) is 0 Å². The maximum absolute atomic E-state index is 12.9. The van der Waals surface area contributed by atoms with Gasteiger partial charge >= 0.3 is 6.18 Å². The molecule has 0 saturated heterocycles. The van der Waals surface area contributed by atoms with Crippen molar-refractivity contribution in [1.29, 1.82) is 0 Å². The molecule has 0 bridgehead atoms. The molecule has 0 fully saturated rings. The van der Waals surface area contributed by atoms with Gasteiger partial charge in [-0.25, -0.2) is 4.98 Å². The summed E-state index contributed by atoms with van der Waals surface area (Å²) in [5.74, 6) is 0. The van der Waals surface area contributed by atoms with Gasteiger partial charge in [-0.1, -0.05) is 25.1 Å². The Kier molecular flexibility index (Phi) is 4.21. The topological polar surface area (TPSA) is 24.9 Å². The van der Waals surface area contributed by atoms with E-state index < -0.39 is 11.7 Å². The molecule has 1 aromatic carbocycles. The van der Waals surface area contributed by atoms with Crippen molar-refractivity contribution in [2.75, 3.05) is 6.54 Å². The SMILES string of the molecule is CCNCc1cnc(-c2ccccc2C(F)(F)F)s1. The fourth-order valence-electron chi connectivity index (χ4n) is 1.68. The molecule has 0 aliphatic carbocycles. The minimum absolute atomic E-state index is 0.141. The molecule has 19 heavy (non-hydrogen) atoms. The van der Waals surface area contributed by atoms with E-state index in [-0.39, 0.29) is 5.56 Å². The molecule has 0 aliphatic rings. The van der Waals surface area contributed by atoms with Gasteiger partial charge in [-0.2, -0.15) is 13.2 Å². The Morgan fingerprint density at radius 1 is 1.26 bits per heavy atom. The molecule has 1 heterocycles. The molecule has 0 spiro atoms. The zero-order chi connectivity index (χ0) is 13.9. The summed E-state index contributed by atoms with van der Waals surface area (Å²) in [4.78, 5) is 5.02. The Bertz CT molecular complexity index is 549. The fraction of sp³-hybridized carbons (Fsp3) is 0.308. The zero-order valence-electron chi connectivity index (χ0n) is 10.3. The van der Waals surface area contributed by atoms with E-state index in [4.69, 9.17) is 0 Å². The van der Waals surface area contributed by atoms with E-state index in [0.717, 1.165) is 17.5 Å². The normalized spacial score (nSPS) is 11.8. The molecular weight excluding hydrogens is 273 g/mol.